The van der Waals surface area contributed by atoms with Crippen LogP contribution in [0.2, 0.25) is 0 Å². The van der Waals surface area contributed by atoms with Crippen molar-refractivity contribution in [3.05, 3.63) is 46.2 Å². The molecule has 0 spiro atoms. The molecule has 1 fully saturated rings. The van der Waals surface area contributed by atoms with Crippen LogP contribution in [0.25, 0.3) is 10.2 Å². The number of aromatic nitrogens is 1. The highest BCUT2D eigenvalue weighted by Crippen LogP contribution is 2.32. The number of carbonyl (C=O) groups is 1. The van der Waals surface area contributed by atoms with Crippen molar-refractivity contribution in [3.63, 3.8) is 0 Å². The van der Waals surface area contributed by atoms with Gasteiger partial charge in [-0.25, -0.2) is 4.98 Å². The molecule has 0 aliphatic carbocycles. The van der Waals surface area contributed by atoms with Gasteiger partial charge in [0.2, 0.25) is 0 Å². The van der Waals surface area contributed by atoms with Crippen LogP contribution in [0.1, 0.15) is 35.0 Å². The highest BCUT2D eigenvalue weighted by Gasteiger charge is 2.27. The van der Waals surface area contributed by atoms with Crippen molar-refractivity contribution in [1.29, 1.82) is 0 Å². The molecule has 1 atom stereocenters. The van der Waals surface area contributed by atoms with Crippen LogP contribution in [0.3, 0.4) is 0 Å². The number of thiazole rings is 1. The minimum Gasteiger partial charge on any atom is -0.376 e. The summed E-state index contributed by atoms with van der Waals surface area (Å²) >= 11 is 3.06. The number of anilines is 1. The molecule has 0 bridgehead atoms. The van der Waals surface area contributed by atoms with E-state index in [-0.39, 0.29) is 12.0 Å². The predicted molar refractivity (Wildman–Crippen MR) is 104 cm³/mol. The van der Waals surface area contributed by atoms with Crippen LogP contribution >= 0.6 is 22.7 Å². The van der Waals surface area contributed by atoms with Crippen molar-refractivity contribution < 1.29 is 9.53 Å². The van der Waals surface area contributed by atoms with Crippen LogP contribution in [0, 0.1) is 0 Å². The predicted octanol–water partition coefficient (Wildman–Crippen LogP) is 4.75. The third-order valence-electron chi connectivity index (χ3n) is 4.47. The molecule has 4 nitrogen and oxygen atoms in total. The number of hydrogen-bond acceptors (Lipinski definition) is 5. The minimum absolute atomic E-state index is 0.0141. The van der Waals surface area contributed by atoms with E-state index in [2.05, 4.69) is 19.1 Å². The fraction of sp³-hybridized carbons (Fsp3) is 0.368. The normalized spacial score (nSPS) is 17.2. The molecular formula is C19H20N2O2S2. The van der Waals surface area contributed by atoms with E-state index in [4.69, 9.17) is 9.72 Å². The Labute approximate surface area is 155 Å². The second kappa shape index (κ2) is 7.23. The Morgan fingerprint density at radius 3 is 3.04 bits per heavy atom. The molecule has 1 amide bonds. The summed E-state index contributed by atoms with van der Waals surface area (Å²) in [6.07, 6.45) is 3.16. The summed E-state index contributed by atoms with van der Waals surface area (Å²) in [5, 5.41) is 2.70. The number of benzene rings is 1. The van der Waals surface area contributed by atoms with Crippen LogP contribution in [0.5, 0.6) is 0 Å². The van der Waals surface area contributed by atoms with Crippen molar-refractivity contribution in [2.45, 2.75) is 32.3 Å². The number of thiophene rings is 1. The quantitative estimate of drug-likeness (QED) is 0.649. The Kier molecular flexibility index (Phi) is 4.83. The highest BCUT2D eigenvalue weighted by molar-refractivity contribution is 7.22. The Bertz CT molecular complexity index is 867. The van der Waals surface area contributed by atoms with Crippen molar-refractivity contribution in [2.24, 2.45) is 0 Å². The molecule has 1 aliphatic heterocycles. The van der Waals surface area contributed by atoms with Crippen LogP contribution in [0.15, 0.2) is 35.7 Å². The summed E-state index contributed by atoms with van der Waals surface area (Å²) in [7, 11) is 0. The Morgan fingerprint density at radius 1 is 1.40 bits per heavy atom. The van der Waals surface area contributed by atoms with Crippen LogP contribution in [0.4, 0.5) is 5.13 Å². The van der Waals surface area contributed by atoms with E-state index in [1.54, 1.807) is 16.2 Å². The average Bonchev–Trinajstić information content (AvgIpc) is 3.39. The maximum absolute atomic E-state index is 13.0. The van der Waals surface area contributed by atoms with E-state index < -0.39 is 0 Å². The van der Waals surface area contributed by atoms with Gasteiger partial charge in [-0.2, -0.15) is 0 Å². The molecular weight excluding hydrogens is 352 g/mol. The summed E-state index contributed by atoms with van der Waals surface area (Å²) in [5.41, 5.74) is 2.24. The molecule has 25 heavy (non-hydrogen) atoms. The number of carbonyl (C=O) groups excluding carboxylic acids is 1. The van der Waals surface area contributed by atoms with Crippen molar-refractivity contribution in [3.8, 4) is 0 Å². The molecule has 1 aliphatic rings. The van der Waals surface area contributed by atoms with Gasteiger partial charge >= 0.3 is 0 Å². The number of fused-ring (bicyclic) bond motifs is 1. The number of hydrogen-bond donors (Lipinski definition) is 0. The van der Waals surface area contributed by atoms with E-state index in [1.807, 2.05) is 23.6 Å². The lowest BCUT2D eigenvalue weighted by Crippen LogP contribution is -2.37. The second-order valence-corrected chi connectivity index (χ2v) is 8.14. The van der Waals surface area contributed by atoms with Gasteiger partial charge in [0.05, 0.1) is 27.7 Å². The van der Waals surface area contributed by atoms with Gasteiger partial charge in [0.1, 0.15) is 0 Å². The number of ether oxygens (including phenoxy) is 1. The van der Waals surface area contributed by atoms with Gasteiger partial charge in [-0.05, 0) is 48.4 Å². The topological polar surface area (TPSA) is 42.4 Å². The van der Waals surface area contributed by atoms with Crippen molar-refractivity contribution in [2.75, 3.05) is 18.1 Å². The summed E-state index contributed by atoms with van der Waals surface area (Å²) in [5.74, 6) is 0.0141. The second-order valence-electron chi connectivity index (χ2n) is 6.18. The number of rotatable bonds is 5. The lowest BCUT2D eigenvalue weighted by molar-refractivity contribution is 0.0920. The van der Waals surface area contributed by atoms with Gasteiger partial charge in [0.25, 0.3) is 5.91 Å². The Morgan fingerprint density at radius 2 is 2.32 bits per heavy atom. The minimum atomic E-state index is 0.0141. The first-order valence-corrected chi connectivity index (χ1v) is 10.3. The first-order valence-electron chi connectivity index (χ1n) is 8.61. The maximum atomic E-state index is 13.0. The first kappa shape index (κ1) is 16.7. The Balaban J connectivity index is 1.69. The van der Waals surface area contributed by atoms with Crippen LogP contribution in [-0.2, 0) is 11.2 Å². The number of amides is 1. The van der Waals surface area contributed by atoms with E-state index in [0.29, 0.717) is 6.54 Å². The third kappa shape index (κ3) is 3.47. The van der Waals surface area contributed by atoms with Crippen molar-refractivity contribution >= 4 is 43.9 Å². The third-order valence-corrected chi connectivity index (χ3v) is 6.37. The SMILES string of the molecule is CCc1ccc2nc(N(CC3CCCO3)C(=O)c3cccs3)sc2c1. The zero-order valence-corrected chi connectivity index (χ0v) is 15.7. The van der Waals surface area contributed by atoms with Crippen LogP contribution < -0.4 is 4.90 Å². The van der Waals surface area contributed by atoms with Gasteiger partial charge in [-0.3, -0.25) is 9.69 Å². The monoisotopic (exact) mass is 372 g/mol. The molecule has 0 radical (unpaired) electrons. The molecule has 3 heterocycles. The van der Waals surface area contributed by atoms with Gasteiger partial charge in [0, 0.05) is 6.61 Å². The zero-order valence-electron chi connectivity index (χ0n) is 14.1. The maximum Gasteiger partial charge on any atom is 0.270 e. The standard InChI is InChI=1S/C19H20N2O2S2/c1-2-13-7-8-15-17(11-13)25-19(20-15)21(12-14-5-3-9-23-14)18(22)16-6-4-10-24-16/h4,6-8,10-11,14H,2-3,5,9,12H2,1H3. The van der Waals surface area contributed by atoms with Gasteiger partial charge in [0.15, 0.2) is 5.13 Å². The molecule has 1 saturated heterocycles. The molecule has 1 aromatic carbocycles. The van der Waals surface area contributed by atoms with Gasteiger partial charge in [-0.1, -0.05) is 30.4 Å². The average molecular weight is 373 g/mol. The summed E-state index contributed by atoms with van der Waals surface area (Å²) in [4.78, 5) is 20.3. The summed E-state index contributed by atoms with van der Waals surface area (Å²) < 4.78 is 6.90. The lowest BCUT2D eigenvalue weighted by atomic mass is 10.2. The largest absolute Gasteiger partial charge is 0.376 e. The molecule has 0 saturated carbocycles. The van der Waals surface area contributed by atoms with Gasteiger partial charge < -0.3 is 4.74 Å². The summed E-state index contributed by atoms with van der Waals surface area (Å²) in [6, 6.07) is 10.1. The summed E-state index contributed by atoms with van der Waals surface area (Å²) in [6.45, 7) is 3.50. The number of aryl methyl sites for hydroxylation is 1. The fourth-order valence-corrected chi connectivity index (χ4v) is 4.77. The van der Waals surface area contributed by atoms with E-state index >= 15 is 0 Å². The van der Waals surface area contributed by atoms with Crippen LogP contribution in [-0.4, -0.2) is 30.1 Å². The molecule has 3 aromatic rings. The molecule has 2 aromatic heterocycles. The molecule has 4 rings (SSSR count). The molecule has 130 valence electrons. The highest BCUT2D eigenvalue weighted by atomic mass is 32.1. The smallest absolute Gasteiger partial charge is 0.270 e. The Hall–Kier alpha value is -1.76. The zero-order chi connectivity index (χ0) is 17.2. The van der Waals surface area contributed by atoms with E-state index in [9.17, 15) is 4.79 Å². The van der Waals surface area contributed by atoms with E-state index in [1.165, 1.54) is 16.9 Å². The fourth-order valence-electron chi connectivity index (χ4n) is 3.07. The van der Waals surface area contributed by atoms with Crippen molar-refractivity contribution in [1.82, 2.24) is 4.98 Å². The van der Waals surface area contributed by atoms with E-state index in [0.717, 1.165) is 46.1 Å². The van der Waals surface area contributed by atoms with Gasteiger partial charge in [-0.15, -0.1) is 11.3 Å². The first-order chi connectivity index (χ1) is 12.2. The molecule has 1 unspecified atom stereocenters. The molecule has 6 heteroatoms. The molecule has 0 N–H and O–H groups in total. The number of nitrogens with zero attached hydrogens (tertiary/aromatic N) is 2. The lowest BCUT2D eigenvalue weighted by Gasteiger charge is -2.22.